The summed E-state index contributed by atoms with van der Waals surface area (Å²) in [5, 5.41) is 9.39. The highest BCUT2D eigenvalue weighted by Gasteiger charge is 2.10. The van der Waals surface area contributed by atoms with Crippen LogP contribution in [-0.2, 0) is 13.0 Å². The molecule has 112 valence electrons. The van der Waals surface area contributed by atoms with Gasteiger partial charge in [0.05, 0.1) is 6.61 Å². The van der Waals surface area contributed by atoms with E-state index in [0.717, 1.165) is 41.0 Å². The van der Waals surface area contributed by atoms with E-state index in [-0.39, 0.29) is 6.61 Å². The molecule has 1 aromatic heterocycles. The summed E-state index contributed by atoms with van der Waals surface area (Å²) in [5.74, 6) is 1.42. The van der Waals surface area contributed by atoms with Gasteiger partial charge in [0.15, 0.2) is 0 Å². The van der Waals surface area contributed by atoms with Gasteiger partial charge in [-0.3, -0.25) is 0 Å². The van der Waals surface area contributed by atoms with Crippen LogP contribution in [0.3, 0.4) is 0 Å². The highest BCUT2D eigenvalue weighted by molar-refractivity contribution is 5.46. The minimum Gasteiger partial charge on any atom is -0.438 e. The standard InChI is InChI=1S/C18H23NO2/c1-5-6-16-9-15(11-20)10-17(19-16)21-18-13(3)8-7-12(2)14(18)4/h7-10,20H,5-6,11H2,1-4H3. The van der Waals surface area contributed by atoms with Crippen molar-refractivity contribution in [3.63, 3.8) is 0 Å². The lowest BCUT2D eigenvalue weighted by Crippen LogP contribution is -1.99. The molecule has 0 aliphatic carbocycles. The predicted molar refractivity (Wildman–Crippen MR) is 84.9 cm³/mol. The average molecular weight is 285 g/mol. The van der Waals surface area contributed by atoms with Crippen molar-refractivity contribution >= 4 is 0 Å². The van der Waals surface area contributed by atoms with E-state index in [4.69, 9.17) is 4.74 Å². The van der Waals surface area contributed by atoms with Gasteiger partial charge in [-0.25, -0.2) is 4.98 Å². The van der Waals surface area contributed by atoms with Crippen molar-refractivity contribution in [2.75, 3.05) is 0 Å². The number of ether oxygens (including phenoxy) is 1. The van der Waals surface area contributed by atoms with E-state index in [2.05, 4.69) is 37.9 Å². The van der Waals surface area contributed by atoms with Gasteiger partial charge >= 0.3 is 0 Å². The molecule has 0 saturated heterocycles. The molecule has 1 N–H and O–H groups in total. The Hall–Kier alpha value is -1.87. The molecule has 0 unspecified atom stereocenters. The van der Waals surface area contributed by atoms with E-state index < -0.39 is 0 Å². The Labute approximate surface area is 126 Å². The fourth-order valence-corrected chi connectivity index (χ4v) is 2.34. The second-order valence-electron chi connectivity index (χ2n) is 5.47. The fraction of sp³-hybridized carbons (Fsp3) is 0.389. The van der Waals surface area contributed by atoms with Gasteiger partial charge < -0.3 is 9.84 Å². The van der Waals surface area contributed by atoms with Crippen molar-refractivity contribution in [3.8, 4) is 11.6 Å². The van der Waals surface area contributed by atoms with Crippen molar-refractivity contribution in [2.24, 2.45) is 0 Å². The van der Waals surface area contributed by atoms with Crippen LogP contribution in [0.5, 0.6) is 11.6 Å². The lowest BCUT2D eigenvalue weighted by atomic mass is 10.1. The summed E-state index contributed by atoms with van der Waals surface area (Å²) in [6.45, 7) is 8.27. The van der Waals surface area contributed by atoms with E-state index in [1.807, 2.05) is 13.0 Å². The number of rotatable bonds is 5. The van der Waals surface area contributed by atoms with Crippen LogP contribution in [0.2, 0.25) is 0 Å². The minimum absolute atomic E-state index is 0.00137. The molecule has 0 saturated carbocycles. The Morgan fingerprint density at radius 1 is 1.10 bits per heavy atom. The molecule has 0 aliphatic rings. The zero-order chi connectivity index (χ0) is 15.4. The molecule has 0 aliphatic heterocycles. The highest BCUT2D eigenvalue weighted by atomic mass is 16.5. The molecule has 2 rings (SSSR count). The Bertz CT molecular complexity index is 635. The zero-order valence-corrected chi connectivity index (χ0v) is 13.2. The van der Waals surface area contributed by atoms with Gasteiger partial charge in [0.25, 0.3) is 0 Å². The Morgan fingerprint density at radius 3 is 2.48 bits per heavy atom. The molecule has 0 amide bonds. The molecule has 0 radical (unpaired) electrons. The topological polar surface area (TPSA) is 42.4 Å². The van der Waals surface area contributed by atoms with Gasteiger partial charge in [-0.2, -0.15) is 0 Å². The van der Waals surface area contributed by atoms with Crippen LogP contribution in [0.1, 0.15) is 41.3 Å². The van der Waals surface area contributed by atoms with Crippen LogP contribution in [0.4, 0.5) is 0 Å². The van der Waals surface area contributed by atoms with Gasteiger partial charge in [0.2, 0.25) is 5.88 Å². The Morgan fingerprint density at radius 2 is 1.81 bits per heavy atom. The van der Waals surface area contributed by atoms with Crippen molar-refractivity contribution in [3.05, 3.63) is 52.2 Å². The molecule has 3 heteroatoms. The van der Waals surface area contributed by atoms with Gasteiger partial charge in [-0.1, -0.05) is 25.5 Å². The minimum atomic E-state index is 0.00137. The van der Waals surface area contributed by atoms with Gasteiger partial charge in [0.1, 0.15) is 5.75 Å². The maximum atomic E-state index is 9.39. The zero-order valence-electron chi connectivity index (χ0n) is 13.2. The number of aliphatic hydroxyl groups is 1. The third-order valence-electron chi connectivity index (χ3n) is 3.68. The molecular weight excluding hydrogens is 262 g/mol. The predicted octanol–water partition coefficient (Wildman–Crippen LogP) is 4.24. The first kappa shape index (κ1) is 15.5. The summed E-state index contributed by atoms with van der Waals surface area (Å²) in [5.41, 5.74) is 5.21. The molecule has 21 heavy (non-hydrogen) atoms. The number of aliphatic hydroxyl groups excluding tert-OH is 1. The third kappa shape index (κ3) is 3.61. The summed E-state index contributed by atoms with van der Waals surface area (Å²) in [4.78, 5) is 4.54. The van der Waals surface area contributed by atoms with Crippen LogP contribution < -0.4 is 4.74 Å². The summed E-state index contributed by atoms with van der Waals surface area (Å²) in [7, 11) is 0. The second kappa shape index (κ2) is 6.72. The van der Waals surface area contributed by atoms with Crippen molar-refractivity contribution < 1.29 is 9.84 Å². The van der Waals surface area contributed by atoms with Crippen LogP contribution >= 0.6 is 0 Å². The largest absolute Gasteiger partial charge is 0.438 e. The number of aromatic nitrogens is 1. The maximum Gasteiger partial charge on any atom is 0.219 e. The number of nitrogens with zero attached hydrogens (tertiary/aromatic N) is 1. The van der Waals surface area contributed by atoms with Gasteiger partial charge in [-0.15, -0.1) is 0 Å². The maximum absolute atomic E-state index is 9.39. The lowest BCUT2D eigenvalue weighted by molar-refractivity contribution is 0.280. The Kier molecular flexibility index (Phi) is 4.97. The van der Waals surface area contributed by atoms with E-state index >= 15 is 0 Å². The fourth-order valence-electron chi connectivity index (χ4n) is 2.34. The van der Waals surface area contributed by atoms with Crippen LogP contribution in [0.15, 0.2) is 24.3 Å². The van der Waals surface area contributed by atoms with E-state index in [1.54, 1.807) is 6.07 Å². The molecular formula is C18H23NO2. The summed E-state index contributed by atoms with van der Waals surface area (Å²) in [6, 6.07) is 7.89. The smallest absolute Gasteiger partial charge is 0.219 e. The van der Waals surface area contributed by atoms with Gasteiger partial charge in [0, 0.05) is 11.8 Å². The van der Waals surface area contributed by atoms with Crippen LogP contribution in [0, 0.1) is 20.8 Å². The lowest BCUT2D eigenvalue weighted by Gasteiger charge is -2.14. The second-order valence-corrected chi connectivity index (χ2v) is 5.47. The molecule has 2 aromatic rings. The molecule has 0 atom stereocenters. The summed E-state index contributed by atoms with van der Waals surface area (Å²) in [6.07, 6.45) is 1.90. The number of hydrogen-bond acceptors (Lipinski definition) is 3. The van der Waals surface area contributed by atoms with Crippen LogP contribution in [-0.4, -0.2) is 10.1 Å². The number of aryl methyl sites for hydroxylation is 3. The number of benzene rings is 1. The quantitative estimate of drug-likeness (QED) is 0.893. The molecule has 1 heterocycles. The first-order valence-electron chi connectivity index (χ1n) is 7.40. The van der Waals surface area contributed by atoms with E-state index in [0.29, 0.717) is 5.88 Å². The van der Waals surface area contributed by atoms with E-state index in [1.165, 1.54) is 5.56 Å². The highest BCUT2D eigenvalue weighted by Crippen LogP contribution is 2.30. The van der Waals surface area contributed by atoms with E-state index in [9.17, 15) is 5.11 Å². The van der Waals surface area contributed by atoms with Gasteiger partial charge in [-0.05, 0) is 55.5 Å². The molecule has 0 spiro atoms. The van der Waals surface area contributed by atoms with Crippen LogP contribution in [0.25, 0.3) is 0 Å². The van der Waals surface area contributed by atoms with Crippen molar-refractivity contribution in [1.82, 2.24) is 4.98 Å². The average Bonchev–Trinajstić information content (AvgIpc) is 2.48. The third-order valence-corrected chi connectivity index (χ3v) is 3.68. The summed E-state index contributed by atoms with van der Waals surface area (Å²) < 4.78 is 6.03. The first-order valence-corrected chi connectivity index (χ1v) is 7.40. The molecule has 1 aromatic carbocycles. The number of hydrogen-bond donors (Lipinski definition) is 1. The normalized spacial score (nSPS) is 10.7. The number of pyridine rings is 1. The summed E-state index contributed by atoms with van der Waals surface area (Å²) >= 11 is 0. The monoisotopic (exact) mass is 285 g/mol. The SMILES string of the molecule is CCCc1cc(CO)cc(Oc2c(C)ccc(C)c2C)n1. The molecule has 0 bridgehead atoms. The van der Waals surface area contributed by atoms with Crippen molar-refractivity contribution in [1.29, 1.82) is 0 Å². The Balaban J connectivity index is 2.39. The molecule has 3 nitrogen and oxygen atoms in total. The first-order chi connectivity index (χ1) is 10.0. The molecule has 0 fully saturated rings. The van der Waals surface area contributed by atoms with Crippen molar-refractivity contribution in [2.45, 2.75) is 47.1 Å².